The average molecular weight is 326 g/mol. The van der Waals surface area contributed by atoms with Gasteiger partial charge in [0.1, 0.15) is 13.2 Å². The molecule has 0 amide bonds. The van der Waals surface area contributed by atoms with Gasteiger partial charge < -0.3 is 14.6 Å². The predicted octanol–water partition coefficient (Wildman–Crippen LogP) is 3.99. The first-order valence-corrected chi connectivity index (χ1v) is 8.26. The third-order valence-corrected chi connectivity index (χ3v) is 4.35. The first-order valence-electron chi connectivity index (χ1n) is 8.26. The van der Waals surface area contributed by atoms with Gasteiger partial charge in [0.2, 0.25) is 0 Å². The summed E-state index contributed by atoms with van der Waals surface area (Å²) in [5.41, 5.74) is 2.96. The van der Waals surface area contributed by atoms with Crippen LogP contribution in [-0.2, 0) is 11.2 Å². The normalized spacial score (nSPS) is 14.5. The van der Waals surface area contributed by atoms with Gasteiger partial charge in [0, 0.05) is 0 Å². The molecule has 1 unspecified atom stereocenters. The number of carboxylic acid groups (broad SMARTS) is 1. The van der Waals surface area contributed by atoms with Crippen molar-refractivity contribution in [1.29, 1.82) is 0 Å². The lowest BCUT2D eigenvalue weighted by Crippen LogP contribution is -2.17. The van der Waals surface area contributed by atoms with Crippen LogP contribution in [0.3, 0.4) is 0 Å². The van der Waals surface area contributed by atoms with Gasteiger partial charge in [-0.3, -0.25) is 4.79 Å². The van der Waals surface area contributed by atoms with Crippen LogP contribution in [0.4, 0.5) is 0 Å². The Hall–Kier alpha value is -2.49. The maximum absolute atomic E-state index is 11.8. The second kappa shape index (κ2) is 6.95. The molecule has 0 saturated heterocycles. The van der Waals surface area contributed by atoms with E-state index in [0.717, 1.165) is 16.9 Å². The van der Waals surface area contributed by atoms with Gasteiger partial charge in [-0.15, -0.1) is 0 Å². The SMILES string of the molecule is CC(C)c1ccc(C(Cc2ccc3c(c2)OCCO3)C(=O)O)cc1. The Labute approximate surface area is 142 Å². The predicted molar refractivity (Wildman–Crippen MR) is 92.0 cm³/mol. The Morgan fingerprint density at radius 3 is 2.25 bits per heavy atom. The van der Waals surface area contributed by atoms with E-state index in [4.69, 9.17) is 9.47 Å². The minimum atomic E-state index is -0.817. The summed E-state index contributed by atoms with van der Waals surface area (Å²) in [5.74, 6) is 0.451. The zero-order valence-electron chi connectivity index (χ0n) is 14.0. The third-order valence-electron chi connectivity index (χ3n) is 4.35. The lowest BCUT2D eigenvalue weighted by Gasteiger charge is -2.20. The van der Waals surface area contributed by atoms with Crippen LogP contribution in [0.5, 0.6) is 11.5 Å². The zero-order valence-corrected chi connectivity index (χ0v) is 14.0. The van der Waals surface area contributed by atoms with Gasteiger partial charge >= 0.3 is 5.97 Å². The van der Waals surface area contributed by atoms with Gasteiger partial charge in [-0.05, 0) is 41.2 Å². The molecule has 0 spiro atoms. The monoisotopic (exact) mass is 326 g/mol. The van der Waals surface area contributed by atoms with Crippen LogP contribution in [0.25, 0.3) is 0 Å². The zero-order chi connectivity index (χ0) is 17.1. The van der Waals surface area contributed by atoms with Crippen LogP contribution < -0.4 is 9.47 Å². The number of rotatable bonds is 5. The van der Waals surface area contributed by atoms with Gasteiger partial charge in [0.05, 0.1) is 5.92 Å². The van der Waals surface area contributed by atoms with Crippen LogP contribution in [0.15, 0.2) is 42.5 Å². The molecule has 0 radical (unpaired) electrons. The molecule has 3 rings (SSSR count). The molecule has 0 bridgehead atoms. The molecule has 0 aliphatic carbocycles. The Balaban J connectivity index is 1.82. The second-order valence-electron chi connectivity index (χ2n) is 6.39. The van der Waals surface area contributed by atoms with Crippen molar-refractivity contribution in [2.24, 2.45) is 0 Å². The average Bonchev–Trinajstić information content (AvgIpc) is 2.59. The number of fused-ring (bicyclic) bond motifs is 1. The van der Waals surface area contributed by atoms with Crippen molar-refractivity contribution < 1.29 is 19.4 Å². The Morgan fingerprint density at radius 2 is 1.62 bits per heavy atom. The van der Waals surface area contributed by atoms with E-state index in [1.165, 1.54) is 5.56 Å². The van der Waals surface area contributed by atoms with Crippen molar-refractivity contribution in [2.45, 2.75) is 32.1 Å². The largest absolute Gasteiger partial charge is 0.486 e. The highest BCUT2D eigenvalue weighted by molar-refractivity contribution is 5.76. The number of hydrogen-bond donors (Lipinski definition) is 1. The molecule has 1 N–H and O–H groups in total. The van der Waals surface area contributed by atoms with Gasteiger partial charge in [-0.1, -0.05) is 44.2 Å². The van der Waals surface area contributed by atoms with Crippen molar-refractivity contribution in [3.63, 3.8) is 0 Å². The highest BCUT2D eigenvalue weighted by atomic mass is 16.6. The molecule has 1 aliphatic rings. The van der Waals surface area contributed by atoms with Crippen LogP contribution in [0, 0.1) is 0 Å². The van der Waals surface area contributed by atoms with Gasteiger partial charge in [-0.2, -0.15) is 0 Å². The fourth-order valence-electron chi connectivity index (χ4n) is 2.91. The van der Waals surface area contributed by atoms with Gasteiger partial charge in [0.25, 0.3) is 0 Å². The van der Waals surface area contributed by atoms with Gasteiger partial charge in [0.15, 0.2) is 11.5 Å². The summed E-state index contributed by atoms with van der Waals surface area (Å²) in [5, 5.41) is 9.65. The first-order chi connectivity index (χ1) is 11.5. The Bertz CT molecular complexity index is 719. The minimum Gasteiger partial charge on any atom is -0.486 e. The summed E-state index contributed by atoms with van der Waals surface area (Å²) in [6.45, 7) is 5.32. The molecule has 4 nitrogen and oxygen atoms in total. The van der Waals surface area contributed by atoms with E-state index in [1.807, 2.05) is 42.5 Å². The summed E-state index contributed by atoms with van der Waals surface area (Å²) >= 11 is 0. The molecule has 1 aliphatic heterocycles. The second-order valence-corrected chi connectivity index (χ2v) is 6.39. The molecule has 1 heterocycles. The van der Waals surface area contributed by atoms with E-state index in [9.17, 15) is 9.90 Å². The lowest BCUT2D eigenvalue weighted by molar-refractivity contribution is -0.138. The highest BCUT2D eigenvalue weighted by Crippen LogP contribution is 2.33. The van der Waals surface area contributed by atoms with E-state index in [1.54, 1.807) is 0 Å². The summed E-state index contributed by atoms with van der Waals surface area (Å²) in [6, 6.07) is 13.5. The van der Waals surface area contributed by atoms with E-state index >= 15 is 0 Å². The van der Waals surface area contributed by atoms with Crippen LogP contribution in [0.2, 0.25) is 0 Å². The number of aliphatic carboxylic acids is 1. The standard InChI is InChI=1S/C20H22O4/c1-13(2)15-4-6-16(7-5-15)17(20(21)22)11-14-3-8-18-19(12-14)24-10-9-23-18/h3-8,12-13,17H,9-11H2,1-2H3,(H,21,22). The summed E-state index contributed by atoms with van der Waals surface area (Å²) < 4.78 is 11.1. The first kappa shape index (κ1) is 16.4. The maximum atomic E-state index is 11.8. The smallest absolute Gasteiger partial charge is 0.311 e. The number of carboxylic acids is 1. The number of ether oxygens (including phenoxy) is 2. The molecule has 0 aromatic heterocycles. The topological polar surface area (TPSA) is 55.8 Å². The quantitative estimate of drug-likeness (QED) is 0.902. The number of benzene rings is 2. The number of carbonyl (C=O) groups is 1. The maximum Gasteiger partial charge on any atom is 0.311 e. The van der Waals surface area contributed by atoms with Crippen molar-refractivity contribution in [1.82, 2.24) is 0 Å². The highest BCUT2D eigenvalue weighted by Gasteiger charge is 2.22. The van der Waals surface area contributed by atoms with E-state index < -0.39 is 11.9 Å². The fourth-order valence-corrected chi connectivity index (χ4v) is 2.91. The Kier molecular flexibility index (Phi) is 4.74. The summed E-state index contributed by atoms with van der Waals surface area (Å²) in [4.78, 5) is 11.8. The molecule has 0 saturated carbocycles. The molecule has 1 atom stereocenters. The van der Waals surface area contributed by atoms with Crippen molar-refractivity contribution >= 4 is 5.97 Å². The Morgan fingerprint density at radius 1 is 1.00 bits per heavy atom. The van der Waals surface area contributed by atoms with Crippen LogP contribution in [0.1, 0.15) is 42.4 Å². The minimum absolute atomic E-state index is 0.424. The molecular weight excluding hydrogens is 304 g/mol. The fraction of sp³-hybridized carbons (Fsp3) is 0.350. The summed E-state index contributed by atoms with van der Waals surface area (Å²) in [7, 11) is 0. The van der Waals surface area contributed by atoms with Crippen molar-refractivity contribution in [2.75, 3.05) is 13.2 Å². The molecule has 4 heteroatoms. The summed E-state index contributed by atoms with van der Waals surface area (Å²) in [6.07, 6.45) is 0.424. The van der Waals surface area contributed by atoms with E-state index in [2.05, 4.69) is 13.8 Å². The van der Waals surface area contributed by atoms with E-state index in [-0.39, 0.29) is 0 Å². The molecule has 2 aromatic rings. The van der Waals surface area contributed by atoms with Crippen molar-refractivity contribution in [3.05, 3.63) is 59.2 Å². The van der Waals surface area contributed by atoms with Crippen molar-refractivity contribution in [3.8, 4) is 11.5 Å². The molecule has 126 valence electrons. The van der Waals surface area contributed by atoms with Crippen LogP contribution >= 0.6 is 0 Å². The van der Waals surface area contributed by atoms with E-state index in [0.29, 0.717) is 31.3 Å². The molecular formula is C20H22O4. The lowest BCUT2D eigenvalue weighted by atomic mass is 9.90. The van der Waals surface area contributed by atoms with Crippen LogP contribution in [-0.4, -0.2) is 24.3 Å². The molecule has 2 aromatic carbocycles. The number of hydrogen-bond acceptors (Lipinski definition) is 3. The third kappa shape index (κ3) is 3.53. The van der Waals surface area contributed by atoms with Gasteiger partial charge in [-0.25, -0.2) is 0 Å². The molecule has 0 fully saturated rings. The molecule has 24 heavy (non-hydrogen) atoms.